The number of hydrogen-bond donors (Lipinski definition) is 2. The molecule has 1 aliphatic carbocycles. The van der Waals surface area contributed by atoms with Crippen molar-refractivity contribution in [3.05, 3.63) is 155 Å². The molecule has 38 heavy (non-hydrogen) atoms. The number of carbonyl (C=O) groups is 1. The molecule has 0 atom stereocenters. The van der Waals surface area contributed by atoms with Crippen molar-refractivity contribution in [3.63, 3.8) is 0 Å². The Morgan fingerprint density at radius 3 is 1.79 bits per heavy atom. The van der Waals surface area contributed by atoms with Crippen LogP contribution in [0.3, 0.4) is 0 Å². The minimum absolute atomic E-state index is 0.000233. The van der Waals surface area contributed by atoms with Gasteiger partial charge in [0.2, 0.25) is 0 Å². The predicted molar refractivity (Wildman–Crippen MR) is 156 cm³/mol. The van der Waals surface area contributed by atoms with E-state index in [2.05, 4.69) is 53.8 Å². The number of rotatable bonds is 6. The summed E-state index contributed by atoms with van der Waals surface area (Å²) < 4.78 is 5.86. The standard InChI is InChI=1S/C34H27NO2S/c36-34(37-22-30-27-18-9-7-16-25(27)26-17-8-10-19-28(26)30)35-33-29(20-11-21-31(33)38)32(23-12-3-1-4-13-23)24-14-5-2-6-15-24/h1-21,30,32,38H,22H2,(H,35,36). The molecular weight excluding hydrogens is 486 g/mol. The van der Waals surface area contributed by atoms with E-state index in [1.54, 1.807) is 0 Å². The fourth-order valence-corrected chi connectivity index (χ4v) is 5.78. The van der Waals surface area contributed by atoms with Crippen LogP contribution >= 0.6 is 12.6 Å². The molecule has 6 rings (SSSR count). The van der Waals surface area contributed by atoms with E-state index in [0.717, 1.165) is 16.7 Å². The van der Waals surface area contributed by atoms with Crippen LogP contribution in [0, 0.1) is 0 Å². The molecule has 186 valence electrons. The first-order valence-corrected chi connectivity index (χ1v) is 13.2. The lowest BCUT2D eigenvalue weighted by Gasteiger charge is -2.23. The van der Waals surface area contributed by atoms with Crippen LogP contribution in [0.25, 0.3) is 11.1 Å². The molecule has 0 heterocycles. The van der Waals surface area contributed by atoms with E-state index in [9.17, 15) is 4.79 Å². The molecule has 5 aromatic rings. The van der Waals surface area contributed by atoms with Crippen molar-refractivity contribution in [2.75, 3.05) is 11.9 Å². The average molecular weight is 514 g/mol. The monoisotopic (exact) mass is 513 g/mol. The zero-order chi connectivity index (χ0) is 25.9. The van der Waals surface area contributed by atoms with Crippen molar-refractivity contribution in [3.8, 4) is 11.1 Å². The zero-order valence-corrected chi connectivity index (χ0v) is 21.6. The Bertz CT molecular complexity index is 1500. The third-order valence-electron chi connectivity index (χ3n) is 7.22. The number of carbonyl (C=O) groups excluding carboxylic acids is 1. The molecule has 1 N–H and O–H groups in total. The summed E-state index contributed by atoms with van der Waals surface area (Å²) in [4.78, 5) is 13.9. The van der Waals surface area contributed by atoms with E-state index in [4.69, 9.17) is 17.4 Å². The van der Waals surface area contributed by atoms with E-state index < -0.39 is 6.09 Å². The minimum atomic E-state index is -0.491. The summed E-state index contributed by atoms with van der Waals surface area (Å²) in [5.74, 6) is -0.0753. The Morgan fingerprint density at radius 1 is 0.684 bits per heavy atom. The topological polar surface area (TPSA) is 38.3 Å². The maximum Gasteiger partial charge on any atom is 0.411 e. The number of thiol groups is 1. The summed E-state index contributed by atoms with van der Waals surface area (Å²) >= 11 is 4.72. The van der Waals surface area contributed by atoms with Gasteiger partial charge in [-0.3, -0.25) is 5.32 Å². The van der Waals surface area contributed by atoms with Gasteiger partial charge in [0.05, 0.1) is 5.69 Å². The van der Waals surface area contributed by atoms with Crippen LogP contribution < -0.4 is 5.32 Å². The lowest BCUT2D eigenvalue weighted by molar-refractivity contribution is 0.158. The highest BCUT2D eigenvalue weighted by Gasteiger charge is 2.29. The second kappa shape index (κ2) is 10.6. The van der Waals surface area contributed by atoms with Crippen molar-refractivity contribution in [1.29, 1.82) is 0 Å². The Labute approximate surface area is 228 Å². The summed E-state index contributed by atoms with van der Waals surface area (Å²) in [6.45, 7) is 0.255. The van der Waals surface area contributed by atoms with Crippen molar-refractivity contribution >= 4 is 24.4 Å². The lowest BCUT2D eigenvalue weighted by Crippen LogP contribution is -2.20. The van der Waals surface area contributed by atoms with Crippen molar-refractivity contribution < 1.29 is 9.53 Å². The molecule has 0 aliphatic heterocycles. The van der Waals surface area contributed by atoms with Crippen LogP contribution in [0.1, 0.15) is 39.7 Å². The number of amides is 1. The van der Waals surface area contributed by atoms with E-state index in [1.165, 1.54) is 22.3 Å². The van der Waals surface area contributed by atoms with Gasteiger partial charge < -0.3 is 4.74 Å². The third kappa shape index (κ3) is 4.59. The summed E-state index contributed by atoms with van der Waals surface area (Å²) in [6.07, 6.45) is -0.491. The molecule has 0 spiro atoms. The molecule has 3 nitrogen and oxygen atoms in total. The minimum Gasteiger partial charge on any atom is -0.448 e. The Kier molecular flexibility index (Phi) is 6.72. The molecule has 0 unspecified atom stereocenters. The SMILES string of the molecule is O=C(Nc1c(S)cccc1C(c1ccccc1)c1ccccc1)OCC1c2ccccc2-c2ccccc21. The molecule has 0 aromatic heterocycles. The lowest BCUT2D eigenvalue weighted by atomic mass is 9.84. The number of fused-ring (bicyclic) bond motifs is 3. The predicted octanol–water partition coefficient (Wildman–Crippen LogP) is 8.52. The van der Waals surface area contributed by atoms with Crippen LogP contribution in [0.15, 0.2) is 132 Å². The van der Waals surface area contributed by atoms with Crippen molar-refractivity contribution in [1.82, 2.24) is 0 Å². The van der Waals surface area contributed by atoms with Gasteiger partial charge in [0.15, 0.2) is 0 Å². The molecule has 0 bridgehead atoms. The molecule has 0 saturated heterocycles. The summed E-state index contributed by atoms with van der Waals surface area (Å²) in [5, 5.41) is 3.03. The van der Waals surface area contributed by atoms with E-state index in [0.29, 0.717) is 10.6 Å². The van der Waals surface area contributed by atoms with Crippen molar-refractivity contribution in [2.45, 2.75) is 16.7 Å². The summed E-state index contributed by atoms with van der Waals surface area (Å²) in [5.41, 5.74) is 8.66. The van der Waals surface area contributed by atoms with Crippen LogP contribution in [0.5, 0.6) is 0 Å². The quantitative estimate of drug-likeness (QED) is 0.176. The number of ether oxygens (including phenoxy) is 1. The van der Waals surface area contributed by atoms with E-state index >= 15 is 0 Å². The second-order valence-electron chi connectivity index (χ2n) is 9.45. The first-order valence-electron chi connectivity index (χ1n) is 12.7. The molecule has 1 amide bonds. The van der Waals surface area contributed by atoms with Crippen molar-refractivity contribution in [2.24, 2.45) is 0 Å². The average Bonchev–Trinajstić information content (AvgIpc) is 3.28. The smallest absolute Gasteiger partial charge is 0.411 e. The van der Waals surface area contributed by atoms with E-state index in [-0.39, 0.29) is 18.4 Å². The summed E-state index contributed by atoms with van der Waals surface area (Å²) in [7, 11) is 0. The van der Waals surface area contributed by atoms with Gasteiger partial charge in [0.25, 0.3) is 0 Å². The fourth-order valence-electron chi connectivity index (χ4n) is 5.51. The first kappa shape index (κ1) is 24.1. The van der Waals surface area contributed by atoms with Gasteiger partial charge in [0, 0.05) is 16.7 Å². The Morgan fingerprint density at radius 2 is 1.21 bits per heavy atom. The Hall–Kier alpha value is -4.28. The van der Waals surface area contributed by atoms with Crippen LogP contribution in [-0.2, 0) is 4.74 Å². The molecule has 1 aliphatic rings. The third-order valence-corrected chi connectivity index (χ3v) is 7.59. The maximum absolute atomic E-state index is 13.2. The highest BCUT2D eigenvalue weighted by atomic mass is 32.1. The van der Waals surface area contributed by atoms with Gasteiger partial charge in [0.1, 0.15) is 6.61 Å². The van der Waals surface area contributed by atoms with Crippen LogP contribution in [0.2, 0.25) is 0 Å². The molecule has 0 radical (unpaired) electrons. The maximum atomic E-state index is 13.2. The normalized spacial score (nSPS) is 12.2. The molecule has 5 aromatic carbocycles. The van der Waals surface area contributed by atoms with Gasteiger partial charge in [-0.15, -0.1) is 12.6 Å². The molecule has 4 heteroatoms. The number of hydrogen-bond acceptors (Lipinski definition) is 3. The first-order chi connectivity index (χ1) is 18.7. The van der Waals surface area contributed by atoms with Crippen LogP contribution in [-0.4, -0.2) is 12.7 Å². The van der Waals surface area contributed by atoms with E-state index in [1.807, 2.05) is 78.9 Å². The largest absolute Gasteiger partial charge is 0.448 e. The summed E-state index contributed by atoms with van der Waals surface area (Å²) in [6, 6.07) is 43.2. The highest BCUT2D eigenvalue weighted by Crippen LogP contribution is 2.44. The Balaban J connectivity index is 1.28. The van der Waals surface area contributed by atoms with Gasteiger partial charge >= 0.3 is 6.09 Å². The molecular formula is C34H27NO2S. The highest BCUT2D eigenvalue weighted by molar-refractivity contribution is 7.80. The van der Waals surface area contributed by atoms with Gasteiger partial charge in [-0.2, -0.15) is 0 Å². The van der Waals surface area contributed by atoms with Gasteiger partial charge in [-0.05, 0) is 45.0 Å². The number of nitrogens with one attached hydrogen (secondary N) is 1. The van der Waals surface area contributed by atoms with Gasteiger partial charge in [-0.1, -0.05) is 121 Å². The zero-order valence-electron chi connectivity index (χ0n) is 20.7. The number of para-hydroxylation sites is 1. The van der Waals surface area contributed by atoms with Crippen LogP contribution in [0.4, 0.5) is 10.5 Å². The second-order valence-corrected chi connectivity index (χ2v) is 9.93. The number of anilines is 1. The molecule has 0 fully saturated rings. The van der Waals surface area contributed by atoms with Gasteiger partial charge in [-0.25, -0.2) is 4.79 Å². The number of benzene rings is 5. The fraction of sp³-hybridized carbons (Fsp3) is 0.0882. The molecule has 0 saturated carbocycles.